The Kier molecular flexibility index (Phi) is 3.45. The first-order chi connectivity index (χ1) is 8.31. The van der Waals surface area contributed by atoms with Gasteiger partial charge in [-0.15, -0.1) is 0 Å². The van der Waals surface area contributed by atoms with Crippen LogP contribution in [0.3, 0.4) is 0 Å². The number of benzene rings is 1. The second-order valence-electron chi connectivity index (χ2n) is 3.35. The average molecular weight is 228 g/mol. The fourth-order valence-electron chi connectivity index (χ4n) is 1.42. The minimum absolute atomic E-state index is 0.0909. The summed E-state index contributed by atoms with van der Waals surface area (Å²) >= 11 is 0. The topological polar surface area (TPSA) is 52.1 Å². The molecule has 86 valence electrons. The molecule has 0 amide bonds. The van der Waals surface area contributed by atoms with Crippen molar-refractivity contribution >= 4 is 5.97 Å². The van der Waals surface area contributed by atoms with E-state index in [9.17, 15) is 4.79 Å². The molecule has 1 aromatic carbocycles. The van der Waals surface area contributed by atoms with Gasteiger partial charge in [0, 0.05) is 11.8 Å². The Morgan fingerprint density at radius 3 is 2.71 bits per heavy atom. The zero-order chi connectivity index (χ0) is 12.1. The van der Waals surface area contributed by atoms with Gasteiger partial charge in [0.1, 0.15) is 0 Å². The highest BCUT2D eigenvalue weighted by molar-refractivity contribution is 5.85. The van der Waals surface area contributed by atoms with Crippen molar-refractivity contribution in [3.63, 3.8) is 0 Å². The Morgan fingerprint density at radius 2 is 2.00 bits per heavy atom. The van der Waals surface area contributed by atoms with Crippen LogP contribution in [0.15, 0.2) is 42.6 Å². The molecule has 0 spiro atoms. The summed E-state index contributed by atoms with van der Waals surface area (Å²) in [5.41, 5.74) is 1.66. The highest BCUT2D eigenvalue weighted by Crippen LogP contribution is 2.15. The fourth-order valence-corrected chi connectivity index (χ4v) is 1.42. The Morgan fingerprint density at radius 1 is 1.24 bits per heavy atom. The van der Waals surface area contributed by atoms with Crippen LogP contribution in [0, 0.1) is 0 Å². The van der Waals surface area contributed by atoms with E-state index in [1.165, 1.54) is 0 Å². The SMILES string of the molecule is CCOC(=O)c1nccc(-c2ccccc2)n1. The summed E-state index contributed by atoms with van der Waals surface area (Å²) in [6.45, 7) is 2.07. The Hall–Kier alpha value is -2.23. The van der Waals surface area contributed by atoms with Crippen LogP contribution in [0.2, 0.25) is 0 Å². The van der Waals surface area contributed by atoms with E-state index in [-0.39, 0.29) is 5.82 Å². The molecule has 0 bridgehead atoms. The van der Waals surface area contributed by atoms with Gasteiger partial charge in [-0.25, -0.2) is 14.8 Å². The fraction of sp³-hybridized carbons (Fsp3) is 0.154. The van der Waals surface area contributed by atoms with Gasteiger partial charge in [0.25, 0.3) is 0 Å². The molecular formula is C13H12N2O2. The second-order valence-corrected chi connectivity index (χ2v) is 3.35. The summed E-state index contributed by atoms with van der Waals surface area (Å²) in [4.78, 5) is 19.6. The maximum atomic E-state index is 11.5. The minimum atomic E-state index is -0.495. The molecule has 0 atom stereocenters. The predicted molar refractivity (Wildman–Crippen MR) is 63.4 cm³/mol. The Bertz CT molecular complexity index is 512. The van der Waals surface area contributed by atoms with Crippen LogP contribution in [0.25, 0.3) is 11.3 Å². The number of aromatic nitrogens is 2. The highest BCUT2D eigenvalue weighted by Gasteiger charge is 2.10. The van der Waals surface area contributed by atoms with Gasteiger partial charge in [0.05, 0.1) is 12.3 Å². The zero-order valence-electron chi connectivity index (χ0n) is 9.46. The van der Waals surface area contributed by atoms with E-state index < -0.39 is 5.97 Å². The number of rotatable bonds is 3. The molecule has 0 radical (unpaired) electrons. The molecule has 2 aromatic rings. The maximum absolute atomic E-state index is 11.5. The van der Waals surface area contributed by atoms with Gasteiger partial charge in [0.2, 0.25) is 5.82 Å². The second kappa shape index (κ2) is 5.21. The van der Waals surface area contributed by atoms with E-state index in [2.05, 4.69) is 9.97 Å². The number of nitrogens with zero attached hydrogens (tertiary/aromatic N) is 2. The lowest BCUT2D eigenvalue weighted by molar-refractivity contribution is 0.0512. The molecule has 0 saturated carbocycles. The number of carbonyl (C=O) groups is 1. The van der Waals surface area contributed by atoms with Crippen LogP contribution in [0.1, 0.15) is 17.5 Å². The lowest BCUT2D eigenvalue weighted by Crippen LogP contribution is -2.09. The van der Waals surface area contributed by atoms with Gasteiger partial charge in [-0.1, -0.05) is 30.3 Å². The van der Waals surface area contributed by atoms with Crippen molar-refractivity contribution in [3.05, 3.63) is 48.4 Å². The van der Waals surface area contributed by atoms with E-state index in [1.54, 1.807) is 19.2 Å². The summed E-state index contributed by atoms with van der Waals surface area (Å²) in [6, 6.07) is 11.4. The molecule has 0 aliphatic carbocycles. The lowest BCUT2D eigenvalue weighted by atomic mass is 10.1. The van der Waals surface area contributed by atoms with Crippen LogP contribution in [0.4, 0.5) is 0 Å². The van der Waals surface area contributed by atoms with Crippen LogP contribution in [-0.2, 0) is 4.74 Å². The van der Waals surface area contributed by atoms with Crippen molar-refractivity contribution < 1.29 is 9.53 Å². The first-order valence-corrected chi connectivity index (χ1v) is 5.37. The monoisotopic (exact) mass is 228 g/mol. The van der Waals surface area contributed by atoms with Gasteiger partial charge in [-0.3, -0.25) is 0 Å². The zero-order valence-corrected chi connectivity index (χ0v) is 9.46. The molecule has 1 aromatic heterocycles. The normalized spacial score (nSPS) is 9.94. The van der Waals surface area contributed by atoms with Crippen LogP contribution in [-0.4, -0.2) is 22.5 Å². The van der Waals surface area contributed by atoms with E-state index in [4.69, 9.17) is 4.74 Å². The molecule has 0 saturated heterocycles. The third kappa shape index (κ3) is 2.66. The largest absolute Gasteiger partial charge is 0.460 e. The summed E-state index contributed by atoms with van der Waals surface area (Å²) in [5.74, 6) is -0.404. The average Bonchev–Trinajstić information content (AvgIpc) is 2.40. The number of carbonyl (C=O) groups excluding carboxylic acids is 1. The molecule has 4 heteroatoms. The summed E-state index contributed by atoms with van der Waals surface area (Å²) in [5, 5.41) is 0. The van der Waals surface area contributed by atoms with Gasteiger partial charge in [-0.05, 0) is 13.0 Å². The van der Waals surface area contributed by atoms with E-state index in [0.29, 0.717) is 12.3 Å². The highest BCUT2D eigenvalue weighted by atomic mass is 16.5. The Labute approximate surface area is 99.3 Å². The maximum Gasteiger partial charge on any atom is 0.376 e. The van der Waals surface area contributed by atoms with Crippen molar-refractivity contribution in [3.8, 4) is 11.3 Å². The summed E-state index contributed by atoms with van der Waals surface area (Å²) < 4.78 is 4.85. The summed E-state index contributed by atoms with van der Waals surface area (Å²) in [6.07, 6.45) is 1.56. The number of hydrogen-bond donors (Lipinski definition) is 0. The number of hydrogen-bond acceptors (Lipinski definition) is 4. The van der Waals surface area contributed by atoms with E-state index >= 15 is 0 Å². The van der Waals surface area contributed by atoms with Gasteiger partial charge in [0.15, 0.2) is 0 Å². The van der Waals surface area contributed by atoms with Gasteiger partial charge >= 0.3 is 5.97 Å². The number of ether oxygens (including phenoxy) is 1. The van der Waals surface area contributed by atoms with Crippen molar-refractivity contribution in [2.75, 3.05) is 6.61 Å². The quantitative estimate of drug-likeness (QED) is 0.756. The number of esters is 1. The van der Waals surface area contributed by atoms with Crippen molar-refractivity contribution in [1.82, 2.24) is 9.97 Å². The van der Waals surface area contributed by atoms with Crippen LogP contribution in [0.5, 0.6) is 0 Å². The van der Waals surface area contributed by atoms with Crippen molar-refractivity contribution in [2.45, 2.75) is 6.92 Å². The molecule has 4 nitrogen and oxygen atoms in total. The molecule has 0 aliphatic heterocycles. The molecule has 0 aliphatic rings. The molecular weight excluding hydrogens is 216 g/mol. The first kappa shape index (κ1) is 11.3. The van der Waals surface area contributed by atoms with Gasteiger partial charge < -0.3 is 4.74 Å². The van der Waals surface area contributed by atoms with Crippen LogP contribution < -0.4 is 0 Å². The van der Waals surface area contributed by atoms with Gasteiger partial charge in [-0.2, -0.15) is 0 Å². The molecule has 0 unspecified atom stereocenters. The predicted octanol–water partition coefficient (Wildman–Crippen LogP) is 2.32. The Balaban J connectivity index is 2.32. The molecule has 17 heavy (non-hydrogen) atoms. The minimum Gasteiger partial charge on any atom is -0.460 e. The van der Waals surface area contributed by atoms with E-state index in [0.717, 1.165) is 5.56 Å². The van der Waals surface area contributed by atoms with Crippen molar-refractivity contribution in [2.24, 2.45) is 0 Å². The third-order valence-corrected chi connectivity index (χ3v) is 2.18. The summed E-state index contributed by atoms with van der Waals surface area (Å²) in [7, 11) is 0. The molecule has 2 rings (SSSR count). The van der Waals surface area contributed by atoms with E-state index in [1.807, 2.05) is 30.3 Å². The molecule has 0 fully saturated rings. The third-order valence-electron chi connectivity index (χ3n) is 2.18. The lowest BCUT2D eigenvalue weighted by Gasteiger charge is -2.03. The van der Waals surface area contributed by atoms with Crippen molar-refractivity contribution in [1.29, 1.82) is 0 Å². The smallest absolute Gasteiger partial charge is 0.376 e. The molecule has 1 heterocycles. The van der Waals surface area contributed by atoms with Crippen LogP contribution >= 0.6 is 0 Å². The standard InChI is InChI=1S/C13H12N2O2/c1-2-17-13(16)12-14-9-8-11(15-12)10-6-4-3-5-7-10/h3-9H,2H2,1H3. The first-order valence-electron chi connectivity index (χ1n) is 5.37. The molecule has 0 N–H and O–H groups in total.